The average molecular weight is 392 g/mol. The maximum atomic E-state index is 12.3. The van der Waals surface area contributed by atoms with E-state index in [-0.39, 0.29) is 18.4 Å². The minimum absolute atomic E-state index is 0.0203. The molecule has 3 rings (SSSR count). The van der Waals surface area contributed by atoms with Crippen molar-refractivity contribution in [2.45, 2.75) is 0 Å². The summed E-state index contributed by atoms with van der Waals surface area (Å²) in [6, 6.07) is 14.2. The Bertz CT molecular complexity index is 788. The van der Waals surface area contributed by atoms with Gasteiger partial charge in [-0.05, 0) is 36.4 Å². The van der Waals surface area contributed by atoms with Gasteiger partial charge in [0.2, 0.25) is 5.91 Å². The summed E-state index contributed by atoms with van der Waals surface area (Å²) >= 11 is 12.0. The fourth-order valence-corrected chi connectivity index (χ4v) is 3.26. The van der Waals surface area contributed by atoms with Crippen LogP contribution in [0.5, 0.6) is 0 Å². The molecular formula is C19H19Cl2N3O2. The predicted octanol–water partition coefficient (Wildman–Crippen LogP) is 3.07. The molecular weight excluding hydrogens is 373 g/mol. The van der Waals surface area contributed by atoms with Gasteiger partial charge < -0.3 is 15.1 Å². The Kier molecular flexibility index (Phi) is 6.01. The molecule has 5 nitrogen and oxygen atoms in total. The third-order valence-corrected chi connectivity index (χ3v) is 4.90. The number of benzene rings is 2. The van der Waals surface area contributed by atoms with E-state index in [1.165, 1.54) is 0 Å². The largest absolute Gasteiger partial charge is 0.367 e. The second kappa shape index (κ2) is 8.43. The number of halogens is 2. The zero-order valence-corrected chi connectivity index (χ0v) is 15.6. The lowest BCUT2D eigenvalue weighted by Gasteiger charge is -2.36. The number of carbonyl (C=O) groups excluding carboxylic acids is 2. The van der Waals surface area contributed by atoms with Crippen molar-refractivity contribution in [3.63, 3.8) is 0 Å². The Morgan fingerprint density at radius 3 is 2.23 bits per heavy atom. The Morgan fingerprint density at radius 1 is 0.923 bits per heavy atom. The number of anilines is 1. The quantitative estimate of drug-likeness (QED) is 0.870. The number of nitrogens with one attached hydrogen (secondary N) is 1. The second-order valence-corrected chi connectivity index (χ2v) is 6.85. The maximum absolute atomic E-state index is 12.3. The fourth-order valence-electron chi connectivity index (χ4n) is 2.88. The Hall–Kier alpha value is -2.24. The summed E-state index contributed by atoms with van der Waals surface area (Å²) in [5, 5.41) is 3.93. The van der Waals surface area contributed by atoms with Gasteiger partial charge in [-0.1, -0.05) is 35.3 Å². The molecule has 2 aromatic rings. The molecule has 0 radical (unpaired) electrons. The van der Waals surface area contributed by atoms with Crippen molar-refractivity contribution in [3.05, 3.63) is 64.1 Å². The van der Waals surface area contributed by atoms with Gasteiger partial charge in [-0.3, -0.25) is 9.59 Å². The van der Waals surface area contributed by atoms with E-state index in [2.05, 4.69) is 10.2 Å². The molecule has 0 aromatic heterocycles. The third kappa shape index (κ3) is 4.48. The molecule has 136 valence electrons. The summed E-state index contributed by atoms with van der Waals surface area (Å²) in [5.41, 5.74) is 1.46. The van der Waals surface area contributed by atoms with Crippen molar-refractivity contribution in [3.8, 4) is 0 Å². The molecule has 1 fully saturated rings. The van der Waals surface area contributed by atoms with Gasteiger partial charge in [0.25, 0.3) is 5.91 Å². The van der Waals surface area contributed by atoms with Crippen molar-refractivity contribution in [1.82, 2.24) is 10.2 Å². The molecule has 2 aromatic carbocycles. The van der Waals surface area contributed by atoms with Crippen molar-refractivity contribution in [2.75, 3.05) is 37.6 Å². The van der Waals surface area contributed by atoms with Crippen LogP contribution in [0, 0.1) is 0 Å². The summed E-state index contributed by atoms with van der Waals surface area (Å²) in [7, 11) is 0. The van der Waals surface area contributed by atoms with E-state index < -0.39 is 0 Å². The molecule has 1 heterocycles. The first-order valence-electron chi connectivity index (χ1n) is 8.35. The number of carbonyl (C=O) groups is 2. The summed E-state index contributed by atoms with van der Waals surface area (Å²) in [6.07, 6.45) is 0. The molecule has 26 heavy (non-hydrogen) atoms. The monoisotopic (exact) mass is 391 g/mol. The zero-order chi connectivity index (χ0) is 18.5. The lowest BCUT2D eigenvalue weighted by atomic mass is 10.2. The van der Waals surface area contributed by atoms with E-state index in [1.54, 1.807) is 29.2 Å². The number of rotatable bonds is 4. The Balaban J connectivity index is 1.48. The standard InChI is InChI=1S/C19H19Cl2N3O2/c20-15-7-5-14(6-8-15)19(26)22-13-18(25)24-11-9-23(10-12-24)17-4-2-1-3-16(17)21/h1-8H,9-13H2,(H,22,26). The Labute approximate surface area is 162 Å². The van der Waals surface area contributed by atoms with Crippen LogP contribution in [-0.4, -0.2) is 49.4 Å². The Morgan fingerprint density at radius 2 is 1.58 bits per heavy atom. The van der Waals surface area contributed by atoms with Crippen LogP contribution in [0.1, 0.15) is 10.4 Å². The highest BCUT2D eigenvalue weighted by Gasteiger charge is 2.22. The van der Waals surface area contributed by atoms with Crippen LogP contribution in [0.15, 0.2) is 48.5 Å². The zero-order valence-electron chi connectivity index (χ0n) is 14.1. The third-order valence-electron chi connectivity index (χ3n) is 4.33. The minimum Gasteiger partial charge on any atom is -0.367 e. The maximum Gasteiger partial charge on any atom is 0.251 e. The number of amides is 2. The topological polar surface area (TPSA) is 52.7 Å². The van der Waals surface area contributed by atoms with Crippen molar-refractivity contribution < 1.29 is 9.59 Å². The molecule has 0 saturated carbocycles. The smallest absolute Gasteiger partial charge is 0.251 e. The minimum atomic E-state index is -0.287. The van der Waals surface area contributed by atoms with Gasteiger partial charge in [0.05, 0.1) is 17.3 Å². The van der Waals surface area contributed by atoms with Gasteiger partial charge in [0.15, 0.2) is 0 Å². The van der Waals surface area contributed by atoms with E-state index in [4.69, 9.17) is 23.2 Å². The van der Waals surface area contributed by atoms with Crippen LogP contribution in [0.3, 0.4) is 0 Å². The fraction of sp³-hybridized carbons (Fsp3) is 0.263. The van der Waals surface area contributed by atoms with Gasteiger partial charge in [0, 0.05) is 36.8 Å². The van der Waals surface area contributed by atoms with Crippen LogP contribution >= 0.6 is 23.2 Å². The van der Waals surface area contributed by atoms with E-state index >= 15 is 0 Å². The summed E-state index contributed by atoms with van der Waals surface area (Å²) in [6.45, 7) is 2.59. The number of hydrogen-bond acceptors (Lipinski definition) is 3. The first-order chi connectivity index (χ1) is 12.5. The number of para-hydroxylation sites is 1. The molecule has 0 spiro atoms. The lowest BCUT2D eigenvalue weighted by molar-refractivity contribution is -0.130. The van der Waals surface area contributed by atoms with E-state index in [0.29, 0.717) is 41.8 Å². The number of hydrogen-bond donors (Lipinski definition) is 1. The van der Waals surface area contributed by atoms with Gasteiger partial charge >= 0.3 is 0 Å². The summed E-state index contributed by atoms with van der Waals surface area (Å²) in [4.78, 5) is 28.3. The second-order valence-electron chi connectivity index (χ2n) is 6.01. The van der Waals surface area contributed by atoms with Crippen molar-refractivity contribution in [2.24, 2.45) is 0 Å². The van der Waals surface area contributed by atoms with Gasteiger partial charge in [-0.2, -0.15) is 0 Å². The number of nitrogens with zero attached hydrogens (tertiary/aromatic N) is 2. The van der Waals surface area contributed by atoms with Crippen LogP contribution < -0.4 is 10.2 Å². The molecule has 0 bridgehead atoms. The first-order valence-corrected chi connectivity index (χ1v) is 9.11. The molecule has 0 aliphatic carbocycles. The highest BCUT2D eigenvalue weighted by Crippen LogP contribution is 2.25. The molecule has 1 aliphatic rings. The van der Waals surface area contributed by atoms with Crippen LogP contribution in [0.25, 0.3) is 0 Å². The average Bonchev–Trinajstić information content (AvgIpc) is 2.67. The molecule has 7 heteroatoms. The normalized spacial score (nSPS) is 14.2. The molecule has 1 aliphatic heterocycles. The van der Waals surface area contributed by atoms with Gasteiger partial charge in [0.1, 0.15) is 0 Å². The molecule has 0 atom stereocenters. The van der Waals surface area contributed by atoms with Gasteiger partial charge in [-0.25, -0.2) is 0 Å². The van der Waals surface area contributed by atoms with E-state index in [9.17, 15) is 9.59 Å². The van der Waals surface area contributed by atoms with Crippen LogP contribution in [-0.2, 0) is 4.79 Å². The van der Waals surface area contributed by atoms with Crippen molar-refractivity contribution >= 4 is 40.7 Å². The van der Waals surface area contributed by atoms with Crippen LogP contribution in [0.4, 0.5) is 5.69 Å². The molecule has 2 amide bonds. The van der Waals surface area contributed by atoms with E-state index in [1.807, 2.05) is 24.3 Å². The number of piperazine rings is 1. The SMILES string of the molecule is O=C(NCC(=O)N1CCN(c2ccccc2Cl)CC1)c1ccc(Cl)cc1. The molecule has 1 saturated heterocycles. The lowest BCUT2D eigenvalue weighted by Crippen LogP contribution is -2.51. The summed E-state index contributed by atoms with van der Waals surface area (Å²) in [5.74, 6) is -0.379. The van der Waals surface area contributed by atoms with E-state index in [0.717, 1.165) is 5.69 Å². The molecule has 0 unspecified atom stereocenters. The highest BCUT2D eigenvalue weighted by molar-refractivity contribution is 6.33. The predicted molar refractivity (Wildman–Crippen MR) is 104 cm³/mol. The summed E-state index contributed by atoms with van der Waals surface area (Å²) < 4.78 is 0. The molecule has 1 N–H and O–H groups in total. The van der Waals surface area contributed by atoms with Crippen molar-refractivity contribution in [1.29, 1.82) is 0 Å². The van der Waals surface area contributed by atoms with Crippen LogP contribution in [0.2, 0.25) is 10.0 Å². The highest BCUT2D eigenvalue weighted by atomic mass is 35.5. The first kappa shape index (κ1) is 18.5. The van der Waals surface area contributed by atoms with Gasteiger partial charge in [-0.15, -0.1) is 0 Å².